The summed E-state index contributed by atoms with van der Waals surface area (Å²) in [6.07, 6.45) is 1.53. The van der Waals surface area contributed by atoms with Crippen LogP contribution in [0.25, 0.3) is 0 Å². The van der Waals surface area contributed by atoms with Gasteiger partial charge in [-0.2, -0.15) is 5.10 Å². The van der Waals surface area contributed by atoms with Gasteiger partial charge in [0.15, 0.2) is 5.11 Å². The van der Waals surface area contributed by atoms with E-state index in [0.717, 1.165) is 5.56 Å². The van der Waals surface area contributed by atoms with Crippen molar-refractivity contribution in [2.45, 2.75) is 0 Å². The van der Waals surface area contributed by atoms with Crippen molar-refractivity contribution in [2.75, 3.05) is 0 Å². The highest BCUT2D eigenvalue weighted by molar-refractivity contribution is 7.80. The van der Waals surface area contributed by atoms with E-state index in [4.69, 9.17) is 10.5 Å². The molecule has 0 spiro atoms. The Morgan fingerprint density at radius 2 is 1.95 bits per heavy atom. The third kappa shape index (κ3) is 4.70. The lowest BCUT2D eigenvalue weighted by Crippen LogP contribution is -2.23. The summed E-state index contributed by atoms with van der Waals surface area (Å²) in [6.45, 7) is 0. The maximum absolute atomic E-state index is 11.9. The van der Waals surface area contributed by atoms with E-state index in [1.165, 1.54) is 6.21 Å². The molecule has 0 aromatic heterocycles. The van der Waals surface area contributed by atoms with E-state index in [1.54, 1.807) is 42.5 Å². The standard InChI is InChI=1S/C15H13N3O2S/c16-15(21)18-17-10-11-5-4-8-13(9-11)20-14(19)12-6-2-1-3-7-12/h1-10H,(H3,16,18,21). The van der Waals surface area contributed by atoms with Gasteiger partial charge in [-0.15, -0.1) is 0 Å². The number of benzene rings is 2. The molecule has 0 atom stereocenters. The van der Waals surface area contributed by atoms with Crippen LogP contribution < -0.4 is 15.9 Å². The molecule has 0 aliphatic rings. The lowest BCUT2D eigenvalue weighted by molar-refractivity contribution is 0.0735. The number of hydrogen-bond acceptors (Lipinski definition) is 4. The number of carbonyl (C=O) groups excluding carboxylic acids is 1. The normalized spacial score (nSPS) is 10.3. The lowest BCUT2D eigenvalue weighted by atomic mass is 10.2. The molecule has 2 rings (SSSR count). The number of esters is 1. The van der Waals surface area contributed by atoms with Gasteiger partial charge in [0.05, 0.1) is 11.8 Å². The topological polar surface area (TPSA) is 76.7 Å². The molecule has 0 bridgehead atoms. The van der Waals surface area contributed by atoms with Gasteiger partial charge in [-0.1, -0.05) is 30.3 Å². The summed E-state index contributed by atoms with van der Waals surface area (Å²) in [5, 5.41) is 3.92. The molecule has 6 heteroatoms. The summed E-state index contributed by atoms with van der Waals surface area (Å²) in [4.78, 5) is 11.9. The van der Waals surface area contributed by atoms with E-state index in [0.29, 0.717) is 11.3 Å². The first-order chi connectivity index (χ1) is 10.1. The molecule has 106 valence electrons. The second-order valence-corrected chi connectivity index (χ2v) is 4.50. The number of carbonyl (C=O) groups is 1. The zero-order valence-electron chi connectivity index (χ0n) is 11.0. The molecule has 2 aromatic rings. The first-order valence-corrected chi connectivity index (χ1v) is 6.52. The van der Waals surface area contributed by atoms with Gasteiger partial charge in [0.1, 0.15) is 5.75 Å². The minimum Gasteiger partial charge on any atom is -0.423 e. The van der Waals surface area contributed by atoms with Crippen molar-refractivity contribution < 1.29 is 9.53 Å². The third-order valence-electron chi connectivity index (χ3n) is 2.47. The molecule has 0 saturated heterocycles. The van der Waals surface area contributed by atoms with Crippen molar-refractivity contribution in [3.05, 3.63) is 65.7 Å². The van der Waals surface area contributed by atoms with Crippen molar-refractivity contribution in [1.29, 1.82) is 0 Å². The van der Waals surface area contributed by atoms with E-state index in [2.05, 4.69) is 22.7 Å². The Morgan fingerprint density at radius 1 is 1.19 bits per heavy atom. The van der Waals surface area contributed by atoms with E-state index >= 15 is 0 Å². The monoisotopic (exact) mass is 299 g/mol. The van der Waals surface area contributed by atoms with E-state index in [-0.39, 0.29) is 5.11 Å². The number of rotatable bonds is 4. The molecule has 0 saturated carbocycles. The fourth-order valence-corrected chi connectivity index (χ4v) is 1.62. The summed E-state index contributed by atoms with van der Waals surface area (Å²) in [5.41, 5.74) is 8.94. The fourth-order valence-electron chi connectivity index (χ4n) is 1.57. The third-order valence-corrected chi connectivity index (χ3v) is 2.56. The summed E-state index contributed by atoms with van der Waals surface area (Å²) in [7, 11) is 0. The number of hydrazone groups is 1. The number of thiocarbonyl (C=S) groups is 1. The van der Waals surface area contributed by atoms with Crippen LogP contribution in [0.3, 0.4) is 0 Å². The Kier molecular flexibility index (Phi) is 5.00. The van der Waals surface area contributed by atoms with E-state index in [1.807, 2.05) is 12.1 Å². The second-order valence-electron chi connectivity index (χ2n) is 4.06. The van der Waals surface area contributed by atoms with E-state index < -0.39 is 5.97 Å². The van der Waals surface area contributed by atoms with Gasteiger partial charge in [0.2, 0.25) is 0 Å². The number of hydrogen-bond donors (Lipinski definition) is 2. The van der Waals surface area contributed by atoms with Crippen LogP contribution in [0.1, 0.15) is 15.9 Å². The van der Waals surface area contributed by atoms with Crippen LogP contribution >= 0.6 is 12.2 Å². The maximum Gasteiger partial charge on any atom is 0.343 e. The van der Waals surface area contributed by atoms with Gasteiger partial charge >= 0.3 is 5.97 Å². The molecule has 5 nitrogen and oxygen atoms in total. The highest BCUT2D eigenvalue weighted by Crippen LogP contribution is 2.14. The van der Waals surface area contributed by atoms with Crippen LogP contribution in [-0.4, -0.2) is 17.3 Å². The zero-order chi connectivity index (χ0) is 15.1. The Hall–Kier alpha value is -2.73. The molecular formula is C15H13N3O2S. The predicted molar refractivity (Wildman–Crippen MR) is 85.4 cm³/mol. The molecule has 0 unspecified atom stereocenters. The number of nitrogens with one attached hydrogen (secondary N) is 1. The summed E-state index contributed by atoms with van der Waals surface area (Å²) in [5.74, 6) is 0.0223. The van der Waals surface area contributed by atoms with Gasteiger partial charge in [-0.25, -0.2) is 4.79 Å². The second kappa shape index (κ2) is 7.16. The minimum atomic E-state index is -0.411. The molecule has 0 fully saturated rings. The van der Waals surface area contributed by atoms with Gasteiger partial charge < -0.3 is 10.5 Å². The molecule has 0 heterocycles. The summed E-state index contributed by atoms with van der Waals surface area (Å²) >= 11 is 4.63. The maximum atomic E-state index is 11.9. The van der Waals surface area contributed by atoms with Gasteiger partial charge in [-0.05, 0) is 42.0 Å². The molecular weight excluding hydrogens is 286 g/mol. The van der Waals surface area contributed by atoms with Crippen molar-refractivity contribution in [3.63, 3.8) is 0 Å². The predicted octanol–water partition coefficient (Wildman–Crippen LogP) is 2.07. The van der Waals surface area contributed by atoms with Crippen LogP contribution in [0.5, 0.6) is 5.75 Å². The van der Waals surface area contributed by atoms with Gasteiger partial charge in [0, 0.05) is 0 Å². The smallest absolute Gasteiger partial charge is 0.343 e. The molecule has 0 aliphatic carbocycles. The lowest BCUT2D eigenvalue weighted by Gasteiger charge is -2.04. The fraction of sp³-hybridized carbons (Fsp3) is 0. The van der Waals surface area contributed by atoms with Crippen LogP contribution in [0.4, 0.5) is 0 Å². The van der Waals surface area contributed by atoms with Crippen LogP contribution in [0.2, 0.25) is 0 Å². The summed E-state index contributed by atoms with van der Waals surface area (Å²) < 4.78 is 5.30. The van der Waals surface area contributed by atoms with Crippen molar-refractivity contribution >= 4 is 29.5 Å². The van der Waals surface area contributed by atoms with Crippen LogP contribution in [0, 0.1) is 0 Å². The van der Waals surface area contributed by atoms with Crippen molar-refractivity contribution in [3.8, 4) is 5.75 Å². The Morgan fingerprint density at radius 3 is 2.67 bits per heavy atom. The number of nitrogens with two attached hydrogens (primary N) is 1. The van der Waals surface area contributed by atoms with Crippen LogP contribution in [-0.2, 0) is 0 Å². The zero-order valence-corrected chi connectivity index (χ0v) is 11.8. The van der Waals surface area contributed by atoms with E-state index in [9.17, 15) is 4.79 Å². The first-order valence-electron chi connectivity index (χ1n) is 6.11. The molecule has 0 amide bonds. The Labute approximate surface area is 127 Å². The van der Waals surface area contributed by atoms with Gasteiger partial charge in [0.25, 0.3) is 0 Å². The highest BCUT2D eigenvalue weighted by atomic mass is 32.1. The summed E-state index contributed by atoms with van der Waals surface area (Å²) in [6, 6.07) is 15.7. The highest BCUT2D eigenvalue weighted by Gasteiger charge is 2.07. The molecule has 0 radical (unpaired) electrons. The molecule has 21 heavy (non-hydrogen) atoms. The van der Waals surface area contributed by atoms with Gasteiger partial charge in [-0.3, -0.25) is 5.43 Å². The average Bonchev–Trinajstić information content (AvgIpc) is 2.48. The Balaban J connectivity index is 2.06. The largest absolute Gasteiger partial charge is 0.423 e. The quantitative estimate of drug-likeness (QED) is 0.297. The Bertz CT molecular complexity index is 672. The van der Waals surface area contributed by atoms with Crippen molar-refractivity contribution in [2.24, 2.45) is 10.8 Å². The molecule has 3 N–H and O–H groups in total. The minimum absolute atomic E-state index is 0.0814. The average molecular weight is 299 g/mol. The SMILES string of the molecule is NC(=S)NN=Cc1cccc(OC(=O)c2ccccc2)c1. The number of nitrogens with zero attached hydrogens (tertiary/aromatic N) is 1. The first kappa shape index (κ1) is 14.7. The number of ether oxygens (including phenoxy) is 1. The van der Waals surface area contributed by atoms with Crippen molar-refractivity contribution in [1.82, 2.24) is 5.43 Å². The molecule has 0 aliphatic heterocycles. The van der Waals surface area contributed by atoms with Crippen LogP contribution in [0.15, 0.2) is 59.7 Å². The molecule has 2 aromatic carbocycles.